The summed E-state index contributed by atoms with van der Waals surface area (Å²) in [7, 11) is 0. The van der Waals surface area contributed by atoms with E-state index >= 15 is 0 Å². The second kappa shape index (κ2) is 6.02. The summed E-state index contributed by atoms with van der Waals surface area (Å²) in [6.07, 6.45) is 3.98. The van der Waals surface area contributed by atoms with Crippen molar-refractivity contribution in [2.24, 2.45) is 0 Å². The molecule has 0 saturated carbocycles. The summed E-state index contributed by atoms with van der Waals surface area (Å²) in [5.74, 6) is 0. The van der Waals surface area contributed by atoms with E-state index in [1.165, 1.54) is 24.0 Å². The van der Waals surface area contributed by atoms with E-state index in [2.05, 4.69) is 36.5 Å². The first kappa shape index (κ1) is 11.6. The topological polar surface area (TPSA) is 21.3 Å². The van der Waals surface area contributed by atoms with Crippen molar-refractivity contribution >= 4 is 0 Å². The fourth-order valence-electron chi connectivity index (χ4n) is 2.25. The molecule has 0 spiro atoms. The molecule has 0 amide bonds. The molecule has 1 saturated heterocycles. The maximum absolute atomic E-state index is 5.58. The average molecular weight is 219 g/mol. The molecule has 1 atom stereocenters. The van der Waals surface area contributed by atoms with Gasteiger partial charge >= 0.3 is 0 Å². The van der Waals surface area contributed by atoms with Gasteiger partial charge in [-0.2, -0.15) is 0 Å². The summed E-state index contributed by atoms with van der Waals surface area (Å²) in [6, 6.07) is 8.65. The monoisotopic (exact) mass is 219 g/mol. The number of rotatable bonds is 5. The predicted octanol–water partition coefficient (Wildman–Crippen LogP) is 2.52. The highest BCUT2D eigenvalue weighted by Gasteiger charge is 2.14. The van der Waals surface area contributed by atoms with Crippen LogP contribution in [0.4, 0.5) is 0 Å². The molecule has 1 aromatic carbocycles. The molecule has 1 aliphatic heterocycles. The molecule has 0 aliphatic carbocycles. The number of nitrogens with one attached hydrogen (secondary N) is 1. The van der Waals surface area contributed by atoms with Crippen molar-refractivity contribution in [1.82, 2.24) is 5.32 Å². The largest absolute Gasteiger partial charge is 0.377 e. The van der Waals surface area contributed by atoms with E-state index in [9.17, 15) is 0 Å². The standard InChI is InChI=1S/C14H21NO/c1-2-12-6-3-4-7-13(12)10-15-11-14-8-5-9-16-14/h3-4,6-7,14-15H,2,5,8-11H2,1H3. The molecule has 1 heterocycles. The van der Waals surface area contributed by atoms with E-state index in [4.69, 9.17) is 4.74 Å². The summed E-state index contributed by atoms with van der Waals surface area (Å²) < 4.78 is 5.58. The summed E-state index contributed by atoms with van der Waals surface area (Å²) >= 11 is 0. The Labute approximate surface area is 98.0 Å². The van der Waals surface area contributed by atoms with Crippen LogP contribution in [0.3, 0.4) is 0 Å². The Morgan fingerprint density at radius 1 is 1.31 bits per heavy atom. The van der Waals surface area contributed by atoms with E-state index in [0.717, 1.165) is 26.1 Å². The number of hydrogen-bond donors (Lipinski definition) is 1. The highest BCUT2D eigenvalue weighted by molar-refractivity contribution is 5.26. The summed E-state index contributed by atoms with van der Waals surface area (Å²) in [5, 5.41) is 3.49. The van der Waals surface area contributed by atoms with Crippen LogP contribution in [-0.2, 0) is 17.7 Å². The maximum atomic E-state index is 5.58. The third-order valence-corrected chi connectivity index (χ3v) is 3.21. The second-order valence-corrected chi connectivity index (χ2v) is 4.39. The molecule has 0 bridgehead atoms. The number of aryl methyl sites for hydroxylation is 1. The minimum Gasteiger partial charge on any atom is -0.377 e. The van der Waals surface area contributed by atoms with Crippen LogP contribution in [0.15, 0.2) is 24.3 Å². The molecular weight excluding hydrogens is 198 g/mol. The van der Waals surface area contributed by atoms with Crippen LogP contribution in [0.1, 0.15) is 30.9 Å². The van der Waals surface area contributed by atoms with Gasteiger partial charge in [-0.1, -0.05) is 31.2 Å². The maximum Gasteiger partial charge on any atom is 0.0700 e. The van der Waals surface area contributed by atoms with E-state index in [1.807, 2.05) is 0 Å². The van der Waals surface area contributed by atoms with Gasteiger partial charge in [-0.3, -0.25) is 0 Å². The minimum absolute atomic E-state index is 0.439. The lowest BCUT2D eigenvalue weighted by Crippen LogP contribution is -2.26. The Bertz CT molecular complexity index is 318. The Hall–Kier alpha value is -0.860. The third-order valence-electron chi connectivity index (χ3n) is 3.21. The molecule has 0 radical (unpaired) electrons. The summed E-state index contributed by atoms with van der Waals surface area (Å²) in [6.45, 7) is 5.10. The lowest BCUT2D eigenvalue weighted by Gasteiger charge is -2.12. The van der Waals surface area contributed by atoms with E-state index in [1.54, 1.807) is 0 Å². The van der Waals surface area contributed by atoms with Gasteiger partial charge < -0.3 is 10.1 Å². The van der Waals surface area contributed by atoms with Crippen molar-refractivity contribution in [2.75, 3.05) is 13.2 Å². The highest BCUT2D eigenvalue weighted by Crippen LogP contribution is 2.12. The fraction of sp³-hybridized carbons (Fsp3) is 0.571. The molecule has 0 aromatic heterocycles. The Balaban J connectivity index is 1.79. The zero-order valence-corrected chi connectivity index (χ0v) is 10.0. The molecule has 2 rings (SSSR count). The van der Waals surface area contributed by atoms with Crippen molar-refractivity contribution in [1.29, 1.82) is 0 Å². The quantitative estimate of drug-likeness (QED) is 0.821. The van der Waals surface area contributed by atoms with E-state index in [-0.39, 0.29) is 0 Å². The van der Waals surface area contributed by atoms with Gasteiger partial charge in [0.1, 0.15) is 0 Å². The second-order valence-electron chi connectivity index (χ2n) is 4.39. The Morgan fingerprint density at radius 3 is 2.81 bits per heavy atom. The molecule has 1 fully saturated rings. The first-order chi connectivity index (χ1) is 7.90. The fourth-order valence-corrected chi connectivity index (χ4v) is 2.25. The van der Waals surface area contributed by atoms with Gasteiger partial charge in [-0.15, -0.1) is 0 Å². The van der Waals surface area contributed by atoms with Crippen LogP contribution in [0.2, 0.25) is 0 Å². The molecule has 1 unspecified atom stereocenters. The van der Waals surface area contributed by atoms with Crippen LogP contribution in [0, 0.1) is 0 Å². The highest BCUT2D eigenvalue weighted by atomic mass is 16.5. The van der Waals surface area contributed by atoms with E-state index < -0.39 is 0 Å². The third kappa shape index (κ3) is 3.06. The molecule has 16 heavy (non-hydrogen) atoms. The Morgan fingerprint density at radius 2 is 2.12 bits per heavy atom. The molecule has 1 N–H and O–H groups in total. The van der Waals surface area contributed by atoms with Crippen LogP contribution >= 0.6 is 0 Å². The summed E-state index contributed by atoms with van der Waals surface area (Å²) in [5.41, 5.74) is 2.87. The first-order valence-corrected chi connectivity index (χ1v) is 6.29. The van der Waals surface area contributed by atoms with Gasteiger partial charge in [0, 0.05) is 19.7 Å². The first-order valence-electron chi connectivity index (χ1n) is 6.29. The van der Waals surface area contributed by atoms with Gasteiger partial charge in [0.2, 0.25) is 0 Å². The number of benzene rings is 1. The van der Waals surface area contributed by atoms with Crippen molar-refractivity contribution in [3.8, 4) is 0 Å². The number of ether oxygens (including phenoxy) is 1. The van der Waals surface area contributed by atoms with E-state index in [0.29, 0.717) is 6.10 Å². The zero-order valence-electron chi connectivity index (χ0n) is 10.0. The predicted molar refractivity (Wildman–Crippen MR) is 66.5 cm³/mol. The molecule has 1 aliphatic rings. The molecule has 2 heteroatoms. The van der Waals surface area contributed by atoms with Crippen LogP contribution in [0.25, 0.3) is 0 Å². The van der Waals surface area contributed by atoms with Crippen molar-refractivity contribution in [3.05, 3.63) is 35.4 Å². The minimum atomic E-state index is 0.439. The van der Waals surface area contributed by atoms with Gasteiger partial charge in [-0.05, 0) is 30.4 Å². The van der Waals surface area contributed by atoms with Crippen LogP contribution in [-0.4, -0.2) is 19.3 Å². The lowest BCUT2D eigenvalue weighted by molar-refractivity contribution is 0.110. The average Bonchev–Trinajstić information content (AvgIpc) is 2.83. The van der Waals surface area contributed by atoms with Gasteiger partial charge in [0.25, 0.3) is 0 Å². The van der Waals surface area contributed by atoms with Gasteiger partial charge in [0.05, 0.1) is 6.10 Å². The zero-order chi connectivity index (χ0) is 11.2. The molecule has 2 nitrogen and oxygen atoms in total. The lowest BCUT2D eigenvalue weighted by atomic mass is 10.1. The van der Waals surface area contributed by atoms with Crippen molar-refractivity contribution in [3.63, 3.8) is 0 Å². The number of hydrogen-bond acceptors (Lipinski definition) is 2. The van der Waals surface area contributed by atoms with Crippen LogP contribution < -0.4 is 5.32 Å². The normalized spacial score (nSPS) is 20.2. The van der Waals surface area contributed by atoms with Gasteiger partial charge in [0.15, 0.2) is 0 Å². The SMILES string of the molecule is CCc1ccccc1CNCC1CCCO1. The van der Waals surface area contributed by atoms with Crippen molar-refractivity contribution in [2.45, 2.75) is 38.8 Å². The molecular formula is C14H21NO. The van der Waals surface area contributed by atoms with Gasteiger partial charge in [-0.25, -0.2) is 0 Å². The smallest absolute Gasteiger partial charge is 0.0700 e. The van der Waals surface area contributed by atoms with Crippen LogP contribution in [0.5, 0.6) is 0 Å². The Kier molecular flexibility index (Phi) is 4.37. The molecule has 1 aromatic rings. The molecule has 88 valence electrons. The van der Waals surface area contributed by atoms with Crippen molar-refractivity contribution < 1.29 is 4.74 Å². The summed E-state index contributed by atoms with van der Waals surface area (Å²) in [4.78, 5) is 0.